The number of hydrogen-bond acceptors (Lipinski definition) is 4. The lowest BCUT2D eigenvalue weighted by atomic mass is 9.91. The molecular formula is C21H26N4O2. The van der Waals surface area contributed by atoms with Gasteiger partial charge < -0.3 is 15.6 Å². The number of H-pyrrole nitrogens is 1. The van der Waals surface area contributed by atoms with E-state index in [-0.39, 0.29) is 0 Å². The normalized spacial score (nSPS) is 16.7. The van der Waals surface area contributed by atoms with E-state index >= 15 is 0 Å². The molecule has 2 aliphatic rings. The van der Waals surface area contributed by atoms with Gasteiger partial charge in [0.1, 0.15) is 6.29 Å². The molecule has 2 aromatic heterocycles. The number of nitrogens with two attached hydrogens (primary N) is 1. The SMILES string of the molecule is C=CC=O.CN1CCC=C(c2cnc(C(N)=O)c3[nH]c4c(c23)CCCC4)C1. The highest BCUT2D eigenvalue weighted by molar-refractivity contribution is 6.07. The number of allylic oxidation sites excluding steroid dienone is 1. The maximum absolute atomic E-state index is 11.8. The van der Waals surface area contributed by atoms with Crippen molar-refractivity contribution in [2.24, 2.45) is 5.73 Å². The smallest absolute Gasteiger partial charge is 0.269 e. The van der Waals surface area contributed by atoms with Crippen molar-refractivity contribution < 1.29 is 9.59 Å². The first-order valence-corrected chi connectivity index (χ1v) is 9.33. The molecule has 0 spiro atoms. The number of pyridine rings is 1. The molecular weight excluding hydrogens is 340 g/mol. The average Bonchev–Trinajstić information content (AvgIpc) is 3.07. The number of aldehydes is 1. The van der Waals surface area contributed by atoms with Gasteiger partial charge in [-0.1, -0.05) is 12.7 Å². The lowest BCUT2D eigenvalue weighted by molar-refractivity contribution is -0.104. The number of carbonyl (C=O) groups is 2. The molecule has 0 saturated heterocycles. The van der Waals surface area contributed by atoms with Crippen molar-refractivity contribution in [2.45, 2.75) is 32.1 Å². The number of aromatic nitrogens is 2. The number of rotatable bonds is 3. The largest absolute Gasteiger partial charge is 0.364 e. The van der Waals surface area contributed by atoms with Gasteiger partial charge in [-0.05, 0) is 56.4 Å². The Hall–Kier alpha value is -2.73. The number of nitrogens with zero attached hydrogens (tertiary/aromatic N) is 2. The van der Waals surface area contributed by atoms with E-state index in [2.05, 4.69) is 34.6 Å². The van der Waals surface area contributed by atoms with Crippen molar-refractivity contribution >= 4 is 28.7 Å². The van der Waals surface area contributed by atoms with E-state index < -0.39 is 5.91 Å². The molecule has 1 aliphatic carbocycles. The van der Waals surface area contributed by atoms with E-state index in [1.807, 2.05) is 6.20 Å². The zero-order valence-corrected chi connectivity index (χ0v) is 15.8. The second kappa shape index (κ2) is 8.31. The second-order valence-electron chi connectivity index (χ2n) is 7.05. The van der Waals surface area contributed by atoms with Crippen LogP contribution in [0.3, 0.4) is 0 Å². The van der Waals surface area contributed by atoms with Crippen LogP contribution in [0.2, 0.25) is 0 Å². The van der Waals surface area contributed by atoms with E-state index in [9.17, 15) is 4.79 Å². The second-order valence-corrected chi connectivity index (χ2v) is 7.05. The van der Waals surface area contributed by atoms with Crippen LogP contribution in [0.25, 0.3) is 16.5 Å². The van der Waals surface area contributed by atoms with Crippen molar-refractivity contribution in [3.05, 3.63) is 47.4 Å². The highest BCUT2D eigenvalue weighted by Gasteiger charge is 2.24. The molecule has 27 heavy (non-hydrogen) atoms. The summed E-state index contributed by atoms with van der Waals surface area (Å²) in [7, 11) is 2.14. The molecule has 4 rings (SSSR count). The Morgan fingerprint density at radius 3 is 2.78 bits per heavy atom. The Morgan fingerprint density at radius 1 is 1.37 bits per heavy atom. The lowest BCUT2D eigenvalue weighted by Gasteiger charge is -2.24. The molecule has 0 aromatic carbocycles. The molecule has 2 aromatic rings. The average molecular weight is 366 g/mol. The third kappa shape index (κ3) is 3.85. The van der Waals surface area contributed by atoms with Crippen molar-refractivity contribution in [1.29, 1.82) is 0 Å². The van der Waals surface area contributed by atoms with Gasteiger partial charge in [0.05, 0.1) is 5.52 Å². The number of likely N-dealkylation sites (N-methyl/N-ethyl adjacent to an activating group) is 1. The number of carbonyl (C=O) groups excluding carboxylic acids is 2. The van der Waals surface area contributed by atoms with Crippen LogP contribution >= 0.6 is 0 Å². The molecule has 1 amide bonds. The predicted octanol–water partition coefficient (Wildman–Crippen LogP) is 2.63. The van der Waals surface area contributed by atoms with E-state index in [0.29, 0.717) is 12.0 Å². The molecule has 6 heteroatoms. The first kappa shape index (κ1) is 19.0. The summed E-state index contributed by atoms with van der Waals surface area (Å²) in [5.41, 5.74) is 11.8. The summed E-state index contributed by atoms with van der Waals surface area (Å²) < 4.78 is 0. The zero-order valence-electron chi connectivity index (χ0n) is 15.8. The van der Waals surface area contributed by atoms with Crippen molar-refractivity contribution in [2.75, 3.05) is 20.1 Å². The Morgan fingerprint density at radius 2 is 2.11 bits per heavy atom. The van der Waals surface area contributed by atoms with Gasteiger partial charge in [0.2, 0.25) is 0 Å². The summed E-state index contributed by atoms with van der Waals surface area (Å²) in [6.45, 7) is 5.12. The first-order valence-electron chi connectivity index (χ1n) is 9.33. The summed E-state index contributed by atoms with van der Waals surface area (Å²) in [6.07, 6.45) is 11.5. The van der Waals surface area contributed by atoms with E-state index in [1.165, 1.54) is 41.1 Å². The fraction of sp³-hybridized carbons (Fsp3) is 0.381. The third-order valence-electron chi connectivity index (χ3n) is 5.14. The zero-order chi connectivity index (χ0) is 19.4. The van der Waals surface area contributed by atoms with E-state index in [1.54, 1.807) is 0 Å². The Balaban J connectivity index is 0.000000481. The van der Waals surface area contributed by atoms with Crippen LogP contribution in [0.1, 0.15) is 46.6 Å². The maximum Gasteiger partial charge on any atom is 0.269 e. The number of primary amides is 1. The molecule has 0 atom stereocenters. The summed E-state index contributed by atoms with van der Waals surface area (Å²) in [5, 5.41) is 1.17. The Bertz CT molecular complexity index is 905. The monoisotopic (exact) mass is 366 g/mol. The number of hydrogen-bond donors (Lipinski definition) is 2. The number of aryl methyl sites for hydroxylation is 2. The van der Waals surface area contributed by atoms with Crippen LogP contribution in [0.15, 0.2) is 24.9 Å². The fourth-order valence-corrected chi connectivity index (χ4v) is 3.94. The van der Waals surface area contributed by atoms with Gasteiger partial charge in [0, 0.05) is 35.9 Å². The van der Waals surface area contributed by atoms with E-state index in [0.717, 1.165) is 43.4 Å². The number of aromatic amines is 1. The standard InChI is InChI=1S/C18H22N4O.C3H4O/c1-22-8-4-5-11(10-22)13-9-20-17(18(19)23)16-15(13)12-6-2-3-7-14(12)21-16;1-2-3-4/h5,9,21H,2-4,6-8,10H2,1H3,(H2,19,23);2-3H,1H2. The molecule has 0 fully saturated rings. The topological polar surface area (TPSA) is 92.1 Å². The molecule has 0 radical (unpaired) electrons. The van der Waals surface area contributed by atoms with Crippen LogP contribution in [-0.4, -0.2) is 47.2 Å². The molecule has 142 valence electrons. The first-order chi connectivity index (χ1) is 13.1. The van der Waals surface area contributed by atoms with Gasteiger partial charge in [-0.3, -0.25) is 9.59 Å². The van der Waals surface area contributed by atoms with Crippen LogP contribution in [0.4, 0.5) is 0 Å². The minimum absolute atomic E-state index is 0.364. The highest BCUT2D eigenvalue weighted by Crippen LogP contribution is 2.36. The van der Waals surface area contributed by atoms with Crippen LogP contribution in [0, 0.1) is 0 Å². The van der Waals surface area contributed by atoms with Gasteiger partial charge >= 0.3 is 0 Å². The molecule has 0 bridgehead atoms. The van der Waals surface area contributed by atoms with Crippen LogP contribution in [-0.2, 0) is 17.6 Å². The molecule has 0 saturated carbocycles. The quantitative estimate of drug-likeness (QED) is 0.645. The summed E-state index contributed by atoms with van der Waals surface area (Å²) in [4.78, 5) is 31.0. The third-order valence-corrected chi connectivity index (χ3v) is 5.14. The summed E-state index contributed by atoms with van der Waals surface area (Å²) in [5.74, 6) is -0.463. The Kier molecular flexibility index (Phi) is 5.86. The van der Waals surface area contributed by atoms with E-state index in [4.69, 9.17) is 10.5 Å². The minimum Gasteiger partial charge on any atom is -0.364 e. The molecule has 1 aliphatic heterocycles. The predicted molar refractivity (Wildman–Crippen MR) is 108 cm³/mol. The minimum atomic E-state index is -0.463. The number of amides is 1. The highest BCUT2D eigenvalue weighted by atomic mass is 16.1. The van der Waals surface area contributed by atoms with Crippen molar-refractivity contribution in [3.8, 4) is 0 Å². The maximum atomic E-state index is 11.8. The molecule has 3 N–H and O–H groups in total. The lowest BCUT2D eigenvalue weighted by Crippen LogP contribution is -2.25. The van der Waals surface area contributed by atoms with Crippen LogP contribution < -0.4 is 5.73 Å². The summed E-state index contributed by atoms with van der Waals surface area (Å²) in [6, 6.07) is 0. The number of fused-ring (bicyclic) bond motifs is 3. The fourth-order valence-electron chi connectivity index (χ4n) is 3.94. The van der Waals surface area contributed by atoms with Gasteiger partial charge in [-0.2, -0.15) is 0 Å². The van der Waals surface area contributed by atoms with Crippen molar-refractivity contribution in [1.82, 2.24) is 14.9 Å². The van der Waals surface area contributed by atoms with Crippen LogP contribution in [0.5, 0.6) is 0 Å². The molecule has 6 nitrogen and oxygen atoms in total. The molecule has 3 heterocycles. The van der Waals surface area contributed by atoms with Gasteiger partial charge in [0.15, 0.2) is 5.69 Å². The molecule has 0 unspecified atom stereocenters. The summed E-state index contributed by atoms with van der Waals surface area (Å²) >= 11 is 0. The van der Waals surface area contributed by atoms with Gasteiger partial charge in [-0.15, -0.1) is 0 Å². The number of nitrogens with one attached hydrogen (secondary N) is 1. The van der Waals surface area contributed by atoms with Crippen molar-refractivity contribution in [3.63, 3.8) is 0 Å². The van der Waals surface area contributed by atoms with Gasteiger partial charge in [-0.25, -0.2) is 4.98 Å². The van der Waals surface area contributed by atoms with Gasteiger partial charge in [0.25, 0.3) is 5.91 Å². The Labute approximate surface area is 159 Å².